The van der Waals surface area contributed by atoms with Gasteiger partial charge in [0, 0.05) is 31.6 Å². The van der Waals surface area contributed by atoms with E-state index in [0.717, 1.165) is 17.0 Å². The highest BCUT2D eigenvalue weighted by atomic mass is 32.2. The smallest absolute Gasteiger partial charge is 0.415 e. The monoisotopic (exact) mass is 514 g/mol. The highest BCUT2D eigenvalue weighted by molar-refractivity contribution is 8.15. The van der Waals surface area contributed by atoms with Crippen LogP contribution in [0.5, 0.6) is 0 Å². The fourth-order valence-electron chi connectivity index (χ4n) is 4.52. The second-order valence-electron chi connectivity index (χ2n) is 11.8. The molecule has 1 aromatic rings. The van der Waals surface area contributed by atoms with Crippen LogP contribution in [-0.4, -0.2) is 58.6 Å². The van der Waals surface area contributed by atoms with Gasteiger partial charge < -0.3 is 14.9 Å². The van der Waals surface area contributed by atoms with Gasteiger partial charge in [0.1, 0.15) is 6.23 Å². The van der Waals surface area contributed by atoms with Crippen LogP contribution >= 0.6 is 11.8 Å². The first-order chi connectivity index (χ1) is 15.6. The van der Waals surface area contributed by atoms with E-state index < -0.39 is 47.7 Å². The van der Waals surface area contributed by atoms with Crippen LogP contribution in [-0.2, 0) is 10.3 Å². The summed E-state index contributed by atoms with van der Waals surface area (Å²) in [5.74, 6) is -2.24. The Hall–Kier alpha value is -1.49. The van der Waals surface area contributed by atoms with Crippen LogP contribution in [0.1, 0.15) is 39.7 Å². The molecule has 3 rings (SSSR count). The van der Waals surface area contributed by atoms with Gasteiger partial charge in [0.25, 0.3) is 0 Å². The van der Waals surface area contributed by atoms with E-state index in [2.05, 4.69) is 19.6 Å². The van der Waals surface area contributed by atoms with Gasteiger partial charge in [0.15, 0.2) is 16.8 Å². The summed E-state index contributed by atoms with van der Waals surface area (Å²) in [7, 11) is -1.42. The Kier molecular flexibility index (Phi) is 7.32. The number of rotatable bonds is 7. The number of aliphatic hydroxyl groups is 1. The summed E-state index contributed by atoms with van der Waals surface area (Å²) in [4.78, 5) is 18.4. The molecule has 1 aliphatic carbocycles. The molecule has 0 aromatic heterocycles. The number of aliphatic hydroxyl groups excluding tert-OH is 1. The number of carbonyl (C=O) groups is 1. The molecule has 0 radical (unpaired) electrons. The lowest BCUT2D eigenvalue weighted by Gasteiger charge is -2.42. The molecule has 1 fully saturated rings. The van der Waals surface area contributed by atoms with Crippen LogP contribution in [0, 0.1) is 23.0 Å². The molecule has 1 aromatic carbocycles. The minimum atomic E-state index is -1.42. The van der Waals surface area contributed by atoms with Gasteiger partial charge in [-0.25, -0.2) is 18.5 Å². The summed E-state index contributed by atoms with van der Waals surface area (Å²) in [6.07, 6.45) is -1.58. The van der Waals surface area contributed by atoms with Gasteiger partial charge in [-0.3, -0.25) is 4.99 Å². The molecule has 0 spiro atoms. The molecule has 190 valence electrons. The zero-order valence-electron chi connectivity index (χ0n) is 21.0. The maximum Gasteiger partial charge on any atom is 0.415 e. The Labute approximate surface area is 205 Å². The van der Waals surface area contributed by atoms with Crippen LogP contribution < -0.4 is 0 Å². The first-order valence-corrected chi connectivity index (χ1v) is 16.1. The van der Waals surface area contributed by atoms with E-state index in [1.54, 1.807) is 6.92 Å². The number of amides is 1. The van der Waals surface area contributed by atoms with Crippen molar-refractivity contribution in [3.63, 3.8) is 0 Å². The van der Waals surface area contributed by atoms with Gasteiger partial charge in [-0.2, -0.15) is 0 Å². The van der Waals surface area contributed by atoms with Gasteiger partial charge in [-0.1, -0.05) is 64.3 Å². The molecule has 2 N–H and O–H groups in total. The van der Waals surface area contributed by atoms with Gasteiger partial charge in [0.2, 0.25) is 0 Å². The maximum absolute atomic E-state index is 14.9. The highest BCUT2D eigenvalue weighted by Gasteiger charge is 2.67. The molecule has 1 saturated carbocycles. The number of fused-ring (bicyclic) bond motifs is 1. The normalized spacial score (nSPS) is 27.6. The maximum atomic E-state index is 14.9. The number of aliphatic imine (C=N–C) groups is 1. The topological polar surface area (TPSA) is 82.4 Å². The molecule has 0 bridgehead atoms. The van der Waals surface area contributed by atoms with E-state index >= 15 is 0 Å². The third-order valence-corrected chi connectivity index (χ3v) is 9.77. The van der Waals surface area contributed by atoms with Gasteiger partial charge >= 0.3 is 6.09 Å². The minimum absolute atomic E-state index is 0.0583. The molecule has 6 nitrogen and oxygen atoms in total. The molecular formula is C24H36F2N2O4SSi. The lowest BCUT2D eigenvalue weighted by atomic mass is 9.85. The second-order valence-corrected chi connectivity index (χ2v) is 18.8. The molecule has 0 saturated heterocycles. The first-order valence-electron chi connectivity index (χ1n) is 11.5. The van der Waals surface area contributed by atoms with E-state index in [4.69, 9.17) is 9.73 Å². The molecule has 34 heavy (non-hydrogen) atoms. The summed E-state index contributed by atoms with van der Waals surface area (Å²) in [6, 6.07) is 4.81. The number of benzene rings is 1. The summed E-state index contributed by atoms with van der Waals surface area (Å²) in [6.45, 7) is 14.2. The van der Waals surface area contributed by atoms with Crippen LogP contribution in [0.15, 0.2) is 23.2 Å². The van der Waals surface area contributed by atoms with Crippen molar-refractivity contribution < 1.29 is 28.5 Å². The van der Waals surface area contributed by atoms with Crippen LogP contribution in [0.25, 0.3) is 0 Å². The Balaban J connectivity index is 2.08. The van der Waals surface area contributed by atoms with Gasteiger partial charge in [-0.15, -0.1) is 0 Å². The molecule has 1 aliphatic heterocycles. The number of nitrogens with zero attached hydrogens (tertiary/aromatic N) is 2. The number of ether oxygens (including phenoxy) is 1. The predicted octanol–water partition coefficient (Wildman–Crippen LogP) is 5.74. The van der Waals surface area contributed by atoms with Crippen molar-refractivity contribution in [3.8, 4) is 0 Å². The summed E-state index contributed by atoms with van der Waals surface area (Å²) in [5, 5.41) is 20.6. The molecule has 2 aliphatic rings. The lowest BCUT2D eigenvalue weighted by Crippen LogP contribution is -2.53. The van der Waals surface area contributed by atoms with Gasteiger partial charge in [0.05, 0.1) is 16.9 Å². The fourth-order valence-corrected chi connectivity index (χ4v) is 6.80. The van der Waals surface area contributed by atoms with Crippen LogP contribution in [0.2, 0.25) is 25.7 Å². The van der Waals surface area contributed by atoms with Crippen LogP contribution in [0.3, 0.4) is 0 Å². The SMILES string of the molecule is CC(C)(C)C(OCC[Si](C)(C)C)N(C(=O)O)C1=N[C@](C)(c2cccc(F)c2F)[C@@H]2C[C@]2(CO)S1. The van der Waals surface area contributed by atoms with Crippen molar-refractivity contribution in [1.82, 2.24) is 4.90 Å². The molecule has 4 atom stereocenters. The predicted molar refractivity (Wildman–Crippen MR) is 134 cm³/mol. The average Bonchev–Trinajstić information content (AvgIpc) is 3.43. The Morgan fingerprint density at radius 2 is 2.00 bits per heavy atom. The van der Waals surface area contributed by atoms with Crippen molar-refractivity contribution in [2.24, 2.45) is 16.3 Å². The summed E-state index contributed by atoms with van der Waals surface area (Å²) < 4.78 is 34.5. The third kappa shape index (κ3) is 5.19. The Bertz CT molecular complexity index is 981. The molecule has 1 amide bonds. The Morgan fingerprint density at radius 3 is 2.53 bits per heavy atom. The second kappa shape index (κ2) is 9.18. The molecule has 1 unspecified atom stereocenters. The van der Waals surface area contributed by atoms with E-state index in [1.807, 2.05) is 20.8 Å². The summed E-state index contributed by atoms with van der Waals surface area (Å²) in [5.41, 5.74) is -1.76. The molecule has 10 heteroatoms. The standard InChI is InChI=1S/C24H36F2N2O4SSi/c1-22(2,3)19(32-11-12-34(5,6)7)28(21(30)31)20-27-23(4,17-13-24(17,14-29)33-20)15-9-8-10-16(25)18(15)26/h8-10,17,19,29H,11-14H2,1-7H3,(H,30,31)/t17-,19?,23+,24+/m0/s1. The van der Waals surface area contributed by atoms with E-state index in [9.17, 15) is 23.8 Å². The van der Waals surface area contributed by atoms with Crippen molar-refractivity contribution in [2.75, 3.05) is 13.2 Å². The highest BCUT2D eigenvalue weighted by Crippen LogP contribution is 2.66. The quantitative estimate of drug-likeness (QED) is 0.358. The van der Waals surface area contributed by atoms with E-state index in [1.165, 1.54) is 23.9 Å². The molecule has 1 heterocycles. The number of halogens is 2. The van der Waals surface area contributed by atoms with Crippen LogP contribution in [0.4, 0.5) is 13.6 Å². The van der Waals surface area contributed by atoms with Crippen molar-refractivity contribution in [2.45, 2.75) is 76.3 Å². The number of carboxylic acid groups (broad SMARTS) is 1. The number of thioether (sulfide) groups is 1. The van der Waals surface area contributed by atoms with Crippen molar-refractivity contribution in [1.29, 1.82) is 0 Å². The van der Waals surface area contributed by atoms with E-state index in [0.29, 0.717) is 13.0 Å². The number of hydrogen-bond donors (Lipinski definition) is 2. The summed E-state index contributed by atoms with van der Waals surface area (Å²) >= 11 is 1.19. The Morgan fingerprint density at radius 1 is 1.35 bits per heavy atom. The number of hydrogen-bond acceptors (Lipinski definition) is 5. The van der Waals surface area contributed by atoms with Crippen molar-refractivity contribution in [3.05, 3.63) is 35.4 Å². The minimum Gasteiger partial charge on any atom is -0.465 e. The zero-order valence-corrected chi connectivity index (χ0v) is 22.8. The zero-order chi connectivity index (χ0) is 25.7. The largest absolute Gasteiger partial charge is 0.465 e. The lowest BCUT2D eigenvalue weighted by molar-refractivity contribution is -0.0761. The third-order valence-electron chi connectivity index (χ3n) is 6.61. The first kappa shape index (κ1) is 27.1. The fraction of sp³-hybridized carbons (Fsp3) is 0.667. The van der Waals surface area contributed by atoms with E-state index in [-0.39, 0.29) is 23.3 Å². The van der Waals surface area contributed by atoms with Gasteiger partial charge in [-0.05, 0) is 25.5 Å². The average molecular weight is 515 g/mol. The number of amidine groups is 1. The van der Waals surface area contributed by atoms with Crippen molar-refractivity contribution >= 4 is 31.1 Å². The molecular weight excluding hydrogens is 478 g/mol.